The number of unbranched alkanes of at least 4 members (excludes halogenated alkanes) is 12. The van der Waals surface area contributed by atoms with Gasteiger partial charge in [0.2, 0.25) is 0 Å². The Morgan fingerprint density at radius 3 is 1.88 bits per heavy atom. The molecule has 1 N–H and O–H groups in total. The number of ether oxygens (including phenoxy) is 4. The normalized spacial score (nSPS) is 33.5. The second-order valence-electron chi connectivity index (χ2n) is 16.0. The van der Waals surface area contributed by atoms with Crippen LogP contribution >= 0.6 is 0 Å². The van der Waals surface area contributed by atoms with Crippen LogP contribution in [0.4, 0.5) is 0 Å². The van der Waals surface area contributed by atoms with Crippen LogP contribution in [0.25, 0.3) is 0 Å². The molecule has 0 aromatic heterocycles. The van der Waals surface area contributed by atoms with E-state index in [1.165, 1.54) is 78.6 Å². The van der Waals surface area contributed by atoms with Gasteiger partial charge in [-0.3, -0.25) is 24.0 Å². The van der Waals surface area contributed by atoms with Crippen molar-refractivity contribution >= 4 is 29.7 Å². The third kappa shape index (κ3) is 8.47. The zero-order chi connectivity index (χ0) is 37.6. The smallest absolute Gasteiger partial charge is 0.310 e. The molecule has 10 nitrogen and oxygen atoms in total. The molecule has 4 aliphatic carbocycles. The highest BCUT2D eigenvalue weighted by atomic mass is 16.6. The van der Waals surface area contributed by atoms with Gasteiger partial charge in [0.25, 0.3) is 0 Å². The summed E-state index contributed by atoms with van der Waals surface area (Å²) in [4.78, 5) is 65.4. The number of carbonyl (C=O) groups is 5. The van der Waals surface area contributed by atoms with Gasteiger partial charge in [-0.15, -0.1) is 0 Å². The molecule has 4 aliphatic rings. The summed E-state index contributed by atoms with van der Waals surface area (Å²) in [6.45, 7) is 11.6. The average molecular weight is 715 g/mol. The fraction of sp³-hybridized carbons (Fsp3) is 0.780. The maximum Gasteiger partial charge on any atom is 0.310 e. The maximum atomic E-state index is 15.0. The zero-order valence-electron chi connectivity index (χ0n) is 32.1. The topological polar surface area (TPSA) is 143 Å². The van der Waals surface area contributed by atoms with E-state index in [4.69, 9.17) is 18.9 Å². The Bertz CT molecular complexity index is 1370. The number of esters is 4. The average Bonchev–Trinajstić information content (AvgIpc) is 3.59. The third-order valence-corrected chi connectivity index (χ3v) is 12.2. The molecule has 2 bridgehead atoms. The van der Waals surface area contributed by atoms with Crippen LogP contribution in [0, 0.1) is 34.5 Å². The Labute approximate surface area is 304 Å². The Morgan fingerprint density at radius 1 is 0.824 bits per heavy atom. The summed E-state index contributed by atoms with van der Waals surface area (Å²) in [5.41, 5.74) is -4.00. The standard InChI is InChI=1S/C41H62O10/c1-8-9-10-11-12-13-14-15-16-17-18-19-20-21-34(45)51-33-23-31-35-32(39(35,7)25-48-28(4)42)22-27(3)40(36(31)46)24-26(2)37(49-29(5)43)41(40,47)38(33)50-30(6)44/h23-24,27,31-32,35,37-38,47H,8-22,25H2,1-7H3. The Hall–Kier alpha value is -3.01. The molecule has 2 saturated carbocycles. The molecule has 0 radical (unpaired) electrons. The molecule has 0 saturated heterocycles. The Morgan fingerprint density at radius 2 is 1.35 bits per heavy atom. The molecule has 2 fully saturated rings. The minimum atomic E-state index is -2.29. The van der Waals surface area contributed by atoms with Crippen molar-refractivity contribution in [3.8, 4) is 0 Å². The number of allylic oxidation sites excluding steroid dienone is 1. The lowest BCUT2D eigenvalue weighted by molar-refractivity contribution is -0.216. The van der Waals surface area contributed by atoms with Crippen LogP contribution in [0.5, 0.6) is 0 Å². The van der Waals surface area contributed by atoms with Gasteiger partial charge in [0.1, 0.15) is 5.76 Å². The summed E-state index contributed by atoms with van der Waals surface area (Å²) in [6, 6.07) is 0. The summed E-state index contributed by atoms with van der Waals surface area (Å²) in [6.07, 6.45) is 16.0. The van der Waals surface area contributed by atoms with Crippen molar-refractivity contribution in [1.29, 1.82) is 0 Å². The lowest BCUT2D eigenvalue weighted by atomic mass is 9.59. The van der Waals surface area contributed by atoms with E-state index in [9.17, 15) is 29.1 Å². The van der Waals surface area contributed by atoms with E-state index in [2.05, 4.69) is 6.92 Å². The number of carbonyl (C=O) groups excluding carboxylic acids is 5. The molecule has 9 unspecified atom stereocenters. The van der Waals surface area contributed by atoms with E-state index in [1.807, 2.05) is 13.8 Å². The molecule has 1 spiro atoms. The molecule has 4 rings (SSSR count). The molecule has 9 atom stereocenters. The van der Waals surface area contributed by atoms with E-state index in [-0.39, 0.29) is 36.4 Å². The first-order valence-corrected chi connectivity index (χ1v) is 19.5. The van der Waals surface area contributed by atoms with Gasteiger partial charge in [-0.1, -0.05) is 104 Å². The van der Waals surface area contributed by atoms with Gasteiger partial charge < -0.3 is 24.1 Å². The van der Waals surface area contributed by atoms with Gasteiger partial charge in [-0.05, 0) is 49.2 Å². The van der Waals surface area contributed by atoms with Gasteiger partial charge >= 0.3 is 23.9 Å². The molecular formula is C41H62O10. The first kappa shape index (κ1) is 40.8. The van der Waals surface area contributed by atoms with Gasteiger partial charge in [-0.2, -0.15) is 0 Å². The maximum absolute atomic E-state index is 15.0. The largest absolute Gasteiger partial charge is 0.465 e. The number of ketones is 1. The highest BCUT2D eigenvalue weighted by Crippen LogP contribution is 2.72. The van der Waals surface area contributed by atoms with E-state index < -0.39 is 64.4 Å². The molecule has 0 heterocycles. The quantitative estimate of drug-likeness (QED) is 0.0619. The summed E-state index contributed by atoms with van der Waals surface area (Å²) >= 11 is 0. The Kier molecular flexibility index (Phi) is 13.8. The van der Waals surface area contributed by atoms with Gasteiger partial charge in [-0.25, -0.2) is 0 Å². The fourth-order valence-corrected chi connectivity index (χ4v) is 9.64. The molecule has 0 aromatic rings. The minimum absolute atomic E-state index is 0.0461. The number of aliphatic hydroxyl groups is 1. The summed E-state index contributed by atoms with van der Waals surface area (Å²) in [5, 5.41) is 13.0. The van der Waals surface area contributed by atoms with Gasteiger partial charge in [0.15, 0.2) is 23.6 Å². The molecular weight excluding hydrogens is 652 g/mol. The number of hydrogen-bond acceptors (Lipinski definition) is 10. The second kappa shape index (κ2) is 17.2. The number of rotatable bonds is 19. The zero-order valence-corrected chi connectivity index (χ0v) is 32.1. The van der Waals surface area contributed by atoms with E-state index in [0.717, 1.165) is 19.3 Å². The van der Waals surface area contributed by atoms with Crippen LogP contribution in [0.2, 0.25) is 0 Å². The minimum Gasteiger partial charge on any atom is -0.465 e. The molecule has 0 amide bonds. The van der Waals surface area contributed by atoms with Crippen molar-refractivity contribution in [3.63, 3.8) is 0 Å². The van der Waals surface area contributed by atoms with Gasteiger partial charge in [0, 0.05) is 38.5 Å². The molecule has 0 aromatic carbocycles. The van der Waals surface area contributed by atoms with Crippen molar-refractivity contribution in [2.75, 3.05) is 6.61 Å². The van der Waals surface area contributed by atoms with Crippen molar-refractivity contribution < 1.29 is 48.0 Å². The predicted molar refractivity (Wildman–Crippen MR) is 191 cm³/mol. The second-order valence-corrected chi connectivity index (χ2v) is 16.0. The fourth-order valence-electron chi connectivity index (χ4n) is 9.64. The first-order chi connectivity index (χ1) is 24.1. The monoisotopic (exact) mass is 714 g/mol. The summed E-state index contributed by atoms with van der Waals surface area (Å²) in [5.74, 6) is -4.58. The summed E-state index contributed by atoms with van der Waals surface area (Å²) < 4.78 is 23.0. The molecule has 0 aliphatic heterocycles. The molecule has 286 valence electrons. The number of hydrogen-bond donors (Lipinski definition) is 1. The number of fused-ring (bicyclic) bond motifs is 3. The van der Waals surface area contributed by atoms with Crippen molar-refractivity contribution in [2.24, 2.45) is 34.5 Å². The van der Waals surface area contributed by atoms with Crippen LogP contribution < -0.4 is 0 Å². The van der Waals surface area contributed by atoms with Crippen molar-refractivity contribution in [2.45, 2.75) is 163 Å². The van der Waals surface area contributed by atoms with Crippen LogP contribution in [0.1, 0.15) is 145 Å². The number of Topliss-reactive ketones (excluding diaryl/α,β-unsaturated/α-hetero) is 1. The van der Waals surface area contributed by atoms with Crippen LogP contribution in [0.3, 0.4) is 0 Å². The molecule has 51 heavy (non-hydrogen) atoms. The van der Waals surface area contributed by atoms with Crippen LogP contribution in [0.15, 0.2) is 23.5 Å². The van der Waals surface area contributed by atoms with Crippen LogP contribution in [-0.2, 0) is 42.9 Å². The van der Waals surface area contributed by atoms with Gasteiger partial charge in [0.05, 0.1) is 12.0 Å². The van der Waals surface area contributed by atoms with E-state index in [0.29, 0.717) is 18.4 Å². The van der Waals surface area contributed by atoms with E-state index >= 15 is 0 Å². The highest BCUT2D eigenvalue weighted by molar-refractivity contribution is 5.95. The Balaban J connectivity index is 1.53. The summed E-state index contributed by atoms with van der Waals surface area (Å²) in [7, 11) is 0. The van der Waals surface area contributed by atoms with Crippen molar-refractivity contribution in [3.05, 3.63) is 23.5 Å². The first-order valence-electron chi connectivity index (χ1n) is 19.5. The van der Waals surface area contributed by atoms with E-state index in [1.54, 1.807) is 19.1 Å². The SMILES string of the molecule is CCCCCCCCCCCCCCCC(=O)OC1=CC2C(=O)C3(C=C(C)C(OC(C)=O)C3(O)C1OC(C)=O)C(C)CC1C2C1(C)COC(C)=O. The molecule has 10 heteroatoms. The highest BCUT2D eigenvalue weighted by Gasteiger charge is 2.78. The predicted octanol–water partition coefficient (Wildman–Crippen LogP) is 7.49. The van der Waals surface area contributed by atoms with Crippen LogP contribution in [-0.4, -0.2) is 59.2 Å². The lowest BCUT2D eigenvalue weighted by Gasteiger charge is -2.49. The van der Waals surface area contributed by atoms with Crippen molar-refractivity contribution in [1.82, 2.24) is 0 Å². The lowest BCUT2D eigenvalue weighted by Crippen LogP contribution is -2.66. The third-order valence-electron chi connectivity index (χ3n) is 12.2.